The summed E-state index contributed by atoms with van der Waals surface area (Å²) in [5, 5.41) is 16.9. The molecule has 0 amide bonds. The molecule has 0 aliphatic heterocycles. The van der Waals surface area contributed by atoms with Gasteiger partial charge in [-0.15, -0.1) is 0 Å². The monoisotopic (exact) mass is 555 g/mol. The van der Waals surface area contributed by atoms with Crippen LogP contribution in [0.4, 0.5) is 0 Å². The minimum atomic E-state index is 1.02. The van der Waals surface area contributed by atoms with Gasteiger partial charge in [0.1, 0.15) is 0 Å². The van der Waals surface area contributed by atoms with Crippen LogP contribution in [0, 0.1) is 0 Å². The van der Waals surface area contributed by atoms with Crippen LogP contribution in [-0.2, 0) is 0 Å². The molecule has 0 radical (unpaired) electrons. The zero-order chi connectivity index (χ0) is 28.8. The third-order valence-corrected chi connectivity index (χ3v) is 9.58. The van der Waals surface area contributed by atoms with Crippen molar-refractivity contribution < 1.29 is 0 Å². The van der Waals surface area contributed by atoms with Gasteiger partial charge in [0.2, 0.25) is 0 Å². The van der Waals surface area contributed by atoms with Crippen molar-refractivity contribution in [1.29, 1.82) is 0 Å². The van der Waals surface area contributed by atoms with Gasteiger partial charge in [-0.3, -0.25) is 4.98 Å². The Morgan fingerprint density at radius 1 is 0.295 bits per heavy atom. The van der Waals surface area contributed by atoms with Crippen molar-refractivity contribution in [1.82, 2.24) is 4.98 Å². The first-order valence-electron chi connectivity index (χ1n) is 15.2. The highest BCUT2D eigenvalue weighted by Crippen LogP contribution is 2.44. The summed E-state index contributed by atoms with van der Waals surface area (Å²) in [6.07, 6.45) is 1.85. The molecule has 9 aromatic carbocycles. The maximum Gasteiger partial charge on any atom is 0.0702 e. The summed E-state index contributed by atoms with van der Waals surface area (Å²) in [4.78, 5) is 4.49. The Morgan fingerprint density at radius 3 is 1.41 bits per heavy atom. The van der Waals surface area contributed by atoms with E-state index in [1.807, 2.05) is 12.3 Å². The van der Waals surface area contributed by atoms with E-state index in [4.69, 9.17) is 0 Å². The molecule has 44 heavy (non-hydrogen) atoms. The van der Waals surface area contributed by atoms with Crippen molar-refractivity contribution in [2.24, 2.45) is 0 Å². The largest absolute Gasteiger partial charge is 0.256 e. The van der Waals surface area contributed by atoms with E-state index in [-0.39, 0.29) is 0 Å². The van der Waals surface area contributed by atoms with Gasteiger partial charge in [-0.25, -0.2) is 0 Å². The van der Waals surface area contributed by atoms with Crippen LogP contribution in [0.15, 0.2) is 152 Å². The highest BCUT2D eigenvalue weighted by Gasteiger charge is 2.16. The van der Waals surface area contributed by atoms with Crippen molar-refractivity contribution in [3.8, 4) is 22.3 Å². The molecule has 0 bridgehead atoms. The molecule has 1 nitrogen and oxygen atoms in total. The Kier molecular flexibility index (Phi) is 4.78. The molecule has 0 fully saturated rings. The second-order valence-corrected chi connectivity index (χ2v) is 12.0. The lowest BCUT2D eigenvalue weighted by Crippen LogP contribution is -1.89. The molecule has 10 aromatic rings. The van der Waals surface area contributed by atoms with Gasteiger partial charge in [0.05, 0.1) is 5.52 Å². The Balaban J connectivity index is 1.29. The van der Waals surface area contributed by atoms with Crippen LogP contribution in [0.5, 0.6) is 0 Å². The van der Waals surface area contributed by atoms with Crippen molar-refractivity contribution >= 4 is 75.5 Å². The third-order valence-electron chi connectivity index (χ3n) is 9.58. The molecule has 0 atom stereocenters. The zero-order valence-corrected chi connectivity index (χ0v) is 23.9. The Labute approximate surface area is 254 Å². The van der Waals surface area contributed by atoms with E-state index >= 15 is 0 Å². The van der Waals surface area contributed by atoms with Crippen LogP contribution in [0.25, 0.3) is 97.8 Å². The quantitative estimate of drug-likeness (QED) is 0.193. The Morgan fingerprint density at radius 2 is 0.773 bits per heavy atom. The van der Waals surface area contributed by atoms with Crippen LogP contribution in [0.1, 0.15) is 0 Å². The molecule has 1 aromatic heterocycles. The smallest absolute Gasteiger partial charge is 0.0702 e. The molecule has 202 valence electrons. The Hall–Kier alpha value is -5.79. The predicted molar refractivity (Wildman–Crippen MR) is 189 cm³/mol. The average molecular weight is 556 g/mol. The van der Waals surface area contributed by atoms with E-state index in [9.17, 15) is 0 Å². The van der Waals surface area contributed by atoms with Crippen molar-refractivity contribution in [3.63, 3.8) is 0 Å². The summed E-state index contributed by atoms with van der Waals surface area (Å²) in [7, 11) is 0. The minimum absolute atomic E-state index is 1.02. The molecule has 0 aliphatic carbocycles. The average Bonchev–Trinajstić information content (AvgIpc) is 3.09. The fourth-order valence-electron chi connectivity index (χ4n) is 7.56. The van der Waals surface area contributed by atoms with Gasteiger partial charge in [0, 0.05) is 11.6 Å². The number of nitrogens with zero attached hydrogens (tertiary/aromatic N) is 1. The lowest BCUT2D eigenvalue weighted by Gasteiger charge is -2.17. The summed E-state index contributed by atoms with van der Waals surface area (Å²) in [6.45, 7) is 0. The number of hydrogen-bond acceptors (Lipinski definition) is 1. The predicted octanol–water partition coefficient (Wildman–Crippen LogP) is 11.9. The lowest BCUT2D eigenvalue weighted by atomic mass is 9.86. The summed E-state index contributed by atoms with van der Waals surface area (Å²) < 4.78 is 0. The summed E-state index contributed by atoms with van der Waals surface area (Å²) in [6, 6.07) is 53.9. The molecule has 1 heterocycles. The zero-order valence-electron chi connectivity index (χ0n) is 23.9. The normalized spacial score (nSPS) is 12.1. The van der Waals surface area contributed by atoms with Crippen LogP contribution in [0.3, 0.4) is 0 Å². The number of pyridine rings is 1. The second kappa shape index (κ2) is 8.86. The van der Waals surface area contributed by atoms with Gasteiger partial charge in [-0.2, -0.15) is 0 Å². The van der Waals surface area contributed by atoms with Gasteiger partial charge < -0.3 is 0 Å². The fraction of sp³-hybridized carbons (Fsp3) is 0. The molecule has 10 rings (SSSR count). The second-order valence-electron chi connectivity index (χ2n) is 12.0. The minimum Gasteiger partial charge on any atom is -0.256 e. The number of benzene rings is 8. The first-order valence-corrected chi connectivity index (χ1v) is 15.2. The van der Waals surface area contributed by atoms with E-state index in [2.05, 4.69) is 145 Å². The fourth-order valence-corrected chi connectivity index (χ4v) is 7.56. The number of hydrogen-bond donors (Lipinski definition) is 0. The standard InChI is InChI=1S/C43H25N/c1-5-28-16-17-29-7-3-11-37-38-25-34(27-14-12-26(13-15-27)31-20-21-39-32(23-31)8-4-22-44-39)24-33-19-18-30-6-2-10-36(41(30)43(33)38)35(9-1)40(28)42(29)37/h1-25H. The van der Waals surface area contributed by atoms with Crippen molar-refractivity contribution in [3.05, 3.63) is 152 Å². The molecule has 0 N–H and O–H groups in total. The van der Waals surface area contributed by atoms with Crippen LogP contribution >= 0.6 is 0 Å². The van der Waals surface area contributed by atoms with E-state index in [1.54, 1.807) is 0 Å². The molecule has 0 saturated heterocycles. The van der Waals surface area contributed by atoms with Gasteiger partial charge in [-0.1, -0.05) is 115 Å². The Bertz CT molecular complexity index is 2750. The number of rotatable bonds is 2. The van der Waals surface area contributed by atoms with E-state index in [0.29, 0.717) is 0 Å². The SMILES string of the molecule is c1cnc2ccc(-c3ccc(-c4cc5ccc6cccc7c8cccc9ccc%10cccc(c(c4)c5c67)c%10c98)cc3)cc2c1. The number of fused-ring (bicyclic) bond motifs is 3. The van der Waals surface area contributed by atoms with E-state index in [1.165, 1.54) is 86.9 Å². The highest BCUT2D eigenvalue weighted by atomic mass is 14.6. The van der Waals surface area contributed by atoms with Gasteiger partial charge in [0.25, 0.3) is 0 Å². The first-order chi connectivity index (χ1) is 21.8. The summed E-state index contributed by atoms with van der Waals surface area (Å²) >= 11 is 0. The van der Waals surface area contributed by atoms with Crippen molar-refractivity contribution in [2.75, 3.05) is 0 Å². The van der Waals surface area contributed by atoms with Crippen LogP contribution in [0.2, 0.25) is 0 Å². The maximum atomic E-state index is 4.49. The lowest BCUT2D eigenvalue weighted by molar-refractivity contribution is 1.41. The summed E-state index contributed by atoms with van der Waals surface area (Å²) in [5.41, 5.74) is 5.88. The van der Waals surface area contributed by atoms with Crippen molar-refractivity contribution in [2.45, 2.75) is 0 Å². The van der Waals surface area contributed by atoms with Gasteiger partial charge >= 0.3 is 0 Å². The molecular weight excluding hydrogens is 530 g/mol. The van der Waals surface area contributed by atoms with Crippen LogP contribution in [-0.4, -0.2) is 4.98 Å². The molecule has 0 spiro atoms. The first kappa shape index (κ1) is 23.7. The summed E-state index contributed by atoms with van der Waals surface area (Å²) in [5.74, 6) is 0. The highest BCUT2D eigenvalue weighted by molar-refractivity contribution is 6.37. The third kappa shape index (κ3) is 3.32. The molecule has 0 saturated carbocycles. The maximum absolute atomic E-state index is 4.49. The van der Waals surface area contributed by atoms with Gasteiger partial charge in [-0.05, 0) is 117 Å². The number of aromatic nitrogens is 1. The molecule has 0 unspecified atom stereocenters. The topological polar surface area (TPSA) is 12.9 Å². The molecular formula is C43H25N. The van der Waals surface area contributed by atoms with Gasteiger partial charge in [0.15, 0.2) is 0 Å². The van der Waals surface area contributed by atoms with E-state index < -0.39 is 0 Å². The van der Waals surface area contributed by atoms with Crippen LogP contribution < -0.4 is 0 Å². The molecule has 0 aliphatic rings. The van der Waals surface area contributed by atoms with E-state index in [0.717, 1.165) is 10.9 Å². The molecule has 1 heteroatoms.